The van der Waals surface area contributed by atoms with Crippen molar-refractivity contribution < 1.29 is 4.74 Å². The Kier molecular flexibility index (Phi) is 5.36. The van der Waals surface area contributed by atoms with E-state index in [9.17, 15) is 0 Å². The van der Waals surface area contributed by atoms with Crippen molar-refractivity contribution in [2.45, 2.75) is 32.6 Å². The summed E-state index contributed by atoms with van der Waals surface area (Å²) >= 11 is 0. The summed E-state index contributed by atoms with van der Waals surface area (Å²) in [7, 11) is 0. The molecule has 2 aromatic rings. The topological polar surface area (TPSA) is 21.6 Å². The third-order valence-corrected chi connectivity index (χ3v) is 3.23. The lowest BCUT2D eigenvalue weighted by Crippen LogP contribution is -1.88. The number of aryl methyl sites for hydroxylation is 1. The Morgan fingerprint density at radius 3 is 2.55 bits per heavy atom. The van der Waals surface area contributed by atoms with E-state index in [0.29, 0.717) is 0 Å². The number of hydrogen-bond donors (Lipinski definition) is 0. The maximum atomic E-state index is 5.85. The van der Waals surface area contributed by atoms with Gasteiger partial charge < -0.3 is 4.74 Å². The van der Waals surface area contributed by atoms with Crippen LogP contribution in [0.5, 0.6) is 11.5 Å². The number of nitrogens with zero attached hydrogens (tertiary/aromatic N) is 1. The smallest absolute Gasteiger partial charge is 0.153 e. The van der Waals surface area contributed by atoms with Crippen LogP contribution in [0.25, 0.3) is 0 Å². The molecule has 0 N–H and O–H groups in total. The zero-order valence-corrected chi connectivity index (χ0v) is 12.0. The highest BCUT2D eigenvalue weighted by molar-refractivity contribution is 5.58. The van der Waals surface area contributed by atoms with E-state index < -0.39 is 0 Å². The Balaban J connectivity index is 2.11. The minimum atomic E-state index is 0.755. The summed E-state index contributed by atoms with van der Waals surface area (Å²) in [6.07, 6.45) is 4.80. The van der Waals surface area contributed by atoms with Crippen LogP contribution in [0.4, 0.5) is 5.69 Å². The molecular weight excluding hydrogens is 246 g/mol. The molecular formula is C18H21NO. The average Bonchev–Trinajstić information content (AvgIpc) is 2.50. The summed E-state index contributed by atoms with van der Waals surface area (Å²) in [5, 5.41) is 0. The van der Waals surface area contributed by atoms with Crippen molar-refractivity contribution in [1.29, 1.82) is 0 Å². The van der Waals surface area contributed by atoms with E-state index >= 15 is 0 Å². The van der Waals surface area contributed by atoms with Gasteiger partial charge in [0.1, 0.15) is 11.4 Å². The molecule has 0 atom stereocenters. The summed E-state index contributed by atoms with van der Waals surface area (Å²) < 4.78 is 5.85. The van der Waals surface area contributed by atoms with E-state index in [2.05, 4.69) is 30.8 Å². The second kappa shape index (κ2) is 7.49. The fraction of sp³-hybridized carbons (Fsp3) is 0.278. The van der Waals surface area contributed by atoms with Crippen LogP contribution in [0.3, 0.4) is 0 Å². The van der Waals surface area contributed by atoms with Gasteiger partial charge in [0.2, 0.25) is 0 Å². The summed E-state index contributed by atoms with van der Waals surface area (Å²) in [6.45, 7) is 5.86. The Morgan fingerprint density at radius 2 is 1.85 bits per heavy atom. The molecule has 0 aromatic heterocycles. The quantitative estimate of drug-likeness (QED) is 0.476. The van der Waals surface area contributed by atoms with Crippen molar-refractivity contribution >= 4 is 12.4 Å². The van der Waals surface area contributed by atoms with Gasteiger partial charge in [0.25, 0.3) is 0 Å². The van der Waals surface area contributed by atoms with Crippen molar-refractivity contribution in [3.8, 4) is 11.5 Å². The van der Waals surface area contributed by atoms with Gasteiger partial charge in [-0.15, -0.1) is 0 Å². The van der Waals surface area contributed by atoms with Crippen LogP contribution >= 0.6 is 0 Å². The molecule has 0 aliphatic carbocycles. The fourth-order valence-corrected chi connectivity index (χ4v) is 2.12. The molecule has 2 aromatic carbocycles. The fourth-order valence-electron chi connectivity index (χ4n) is 2.12. The van der Waals surface area contributed by atoms with Crippen molar-refractivity contribution in [2.24, 2.45) is 4.99 Å². The van der Waals surface area contributed by atoms with Crippen molar-refractivity contribution in [1.82, 2.24) is 0 Å². The maximum Gasteiger partial charge on any atom is 0.153 e. The zero-order valence-electron chi connectivity index (χ0n) is 12.0. The summed E-state index contributed by atoms with van der Waals surface area (Å²) in [5.41, 5.74) is 2.10. The summed E-state index contributed by atoms with van der Waals surface area (Å²) in [4.78, 5) is 4.08. The Morgan fingerprint density at radius 1 is 1.05 bits per heavy atom. The summed E-state index contributed by atoms with van der Waals surface area (Å²) in [5.74, 6) is 1.57. The summed E-state index contributed by atoms with van der Waals surface area (Å²) in [6, 6.07) is 15.9. The first-order chi connectivity index (χ1) is 9.83. The first kappa shape index (κ1) is 14.3. The van der Waals surface area contributed by atoms with Crippen LogP contribution in [0.1, 0.15) is 31.7 Å². The van der Waals surface area contributed by atoms with Gasteiger partial charge in [-0.25, -0.2) is 0 Å². The Hall–Kier alpha value is -2.09. The third-order valence-electron chi connectivity index (χ3n) is 3.23. The average molecular weight is 267 g/mol. The van der Waals surface area contributed by atoms with Crippen molar-refractivity contribution in [3.05, 3.63) is 54.1 Å². The number of ether oxygens (including phenoxy) is 1. The van der Waals surface area contributed by atoms with Gasteiger partial charge in [-0.2, -0.15) is 0 Å². The van der Waals surface area contributed by atoms with E-state index in [1.165, 1.54) is 24.8 Å². The van der Waals surface area contributed by atoms with E-state index in [0.717, 1.165) is 23.6 Å². The second-order valence-corrected chi connectivity index (χ2v) is 4.83. The lowest BCUT2D eigenvalue weighted by molar-refractivity contribution is 0.484. The second-order valence-electron chi connectivity index (χ2n) is 4.83. The molecule has 104 valence electrons. The lowest BCUT2D eigenvalue weighted by atomic mass is 10.1. The molecule has 2 nitrogen and oxygen atoms in total. The van der Waals surface area contributed by atoms with Crippen LogP contribution in [-0.4, -0.2) is 6.72 Å². The SMILES string of the molecule is C=Nc1cc(CCCCC)ccc1Oc1ccccc1. The van der Waals surface area contributed by atoms with E-state index in [1.54, 1.807) is 0 Å². The monoisotopic (exact) mass is 267 g/mol. The minimum absolute atomic E-state index is 0.755. The highest BCUT2D eigenvalue weighted by Gasteiger charge is 2.05. The number of benzene rings is 2. The van der Waals surface area contributed by atoms with Crippen LogP contribution in [0, 0.1) is 0 Å². The number of unbranched alkanes of at least 4 members (excludes halogenated alkanes) is 2. The van der Waals surface area contributed by atoms with Gasteiger partial charge in [-0.3, -0.25) is 4.99 Å². The molecule has 0 bridgehead atoms. The van der Waals surface area contributed by atoms with Gasteiger partial charge in [-0.05, 0) is 49.4 Å². The van der Waals surface area contributed by atoms with E-state index in [1.807, 2.05) is 36.4 Å². The zero-order chi connectivity index (χ0) is 14.2. The van der Waals surface area contributed by atoms with Crippen molar-refractivity contribution in [2.75, 3.05) is 0 Å². The number of hydrogen-bond acceptors (Lipinski definition) is 2. The molecule has 0 aliphatic heterocycles. The van der Waals surface area contributed by atoms with Gasteiger partial charge in [0, 0.05) is 0 Å². The Bertz CT molecular complexity index is 549. The first-order valence-corrected chi connectivity index (χ1v) is 7.16. The highest BCUT2D eigenvalue weighted by Crippen LogP contribution is 2.32. The molecule has 0 unspecified atom stereocenters. The molecule has 0 spiro atoms. The van der Waals surface area contributed by atoms with Gasteiger partial charge in [0.15, 0.2) is 5.75 Å². The number of para-hydroxylation sites is 1. The van der Waals surface area contributed by atoms with Gasteiger partial charge in [-0.1, -0.05) is 44.0 Å². The number of rotatable bonds is 7. The maximum absolute atomic E-state index is 5.85. The molecule has 2 rings (SSSR count). The van der Waals surface area contributed by atoms with Crippen LogP contribution in [0.15, 0.2) is 53.5 Å². The minimum Gasteiger partial charge on any atom is -0.455 e. The molecule has 0 saturated heterocycles. The van der Waals surface area contributed by atoms with Crippen LogP contribution < -0.4 is 4.74 Å². The molecule has 0 radical (unpaired) electrons. The molecule has 0 saturated carbocycles. The molecule has 0 amide bonds. The first-order valence-electron chi connectivity index (χ1n) is 7.16. The molecule has 2 heteroatoms. The standard InChI is InChI=1S/C18H21NO/c1-3-4-6-9-15-12-13-18(17(14-15)19-2)20-16-10-7-5-8-11-16/h5,7-8,10-14H,2-4,6,9H2,1H3. The largest absolute Gasteiger partial charge is 0.455 e. The van der Waals surface area contributed by atoms with Crippen LogP contribution in [-0.2, 0) is 6.42 Å². The molecule has 0 fully saturated rings. The van der Waals surface area contributed by atoms with Crippen LogP contribution in [0.2, 0.25) is 0 Å². The third kappa shape index (κ3) is 3.95. The number of aliphatic imine (C=N–C) groups is 1. The van der Waals surface area contributed by atoms with E-state index in [4.69, 9.17) is 4.74 Å². The molecule has 0 aliphatic rings. The van der Waals surface area contributed by atoms with E-state index in [-0.39, 0.29) is 0 Å². The molecule has 20 heavy (non-hydrogen) atoms. The normalized spacial score (nSPS) is 10.2. The van der Waals surface area contributed by atoms with Crippen molar-refractivity contribution in [3.63, 3.8) is 0 Å². The lowest BCUT2D eigenvalue weighted by Gasteiger charge is -2.10. The van der Waals surface area contributed by atoms with Gasteiger partial charge in [0.05, 0.1) is 0 Å². The van der Waals surface area contributed by atoms with Gasteiger partial charge >= 0.3 is 0 Å². The predicted molar refractivity (Wildman–Crippen MR) is 85.4 cm³/mol. The molecule has 0 heterocycles. The Labute approximate surface area is 121 Å². The predicted octanol–water partition coefficient (Wildman–Crippen LogP) is 5.54. The highest BCUT2D eigenvalue weighted by atomic mass is 16.5.